The molecule has 1 N–H and O–H groups in total. The molecule has 31 heavy (non-hydrogen) atoms. The molecular formula is C22H43IN4O3S. The van der Waals surface area contributed by atoms with Crippen LogP contribution < -0.4 is 5.32 Å². The van der Waals surface area contributed by atoms with Crippen molar-refractivity contribution in [2.45, 2.75) is 83.6 Å². The van der Waals surface area contributed by atoms with E-state index in [2.05, 4.69) is 15.2 Å². The van der Waals surface area contributed by atoms with E-state index in [1.165, 1.54) is 12.8 Å². The van der Waals surface area contributed by atoms with Gasteiger partial charge < -0.3 is 19.9 Å². The van der Waals surface area contributed by atoms with Crippen molar-refractivity contribution in [1.29, 1.82) is 0 Å². The first kappa shape index (κ1) is 28.5. The van der Waals surface area contributed by atoms with Crippen LogP contribution in [0.2, 0.25) is 0 Å². The topological polar surface area (TPSA) is 74.2 Å². The molecule has 2 rings (SSSR count). The first-order valence-corrected chi connectivity index (χ1v) is 12.6. The van der Waals surface area contributed by atoms with Crippen LogP contribution in [-0.2, 0) is 15.5 Å². The van der Waals surface area contributed by atoms with E-state index in [0.29, 0.717) is 18.2 Å². The third kappa shape index (κ3) is 9.84. The van der Waals surface area contributed by atoms with Gasteiger partial charge in [-0.15, -0.1) is 24.0 Å². The van der Waals surface area contributed by atoms with Crippen molar-refractivity contribution < 1.29 is 13.7 Å². The molecule has 0 radical (unpaired) electrons. The number of guanidine groups is 1. The van der Waals surface area contributed by atoms with E-state index in [9.17, 15) is 9.00 Å². The molecule has 0 aromatic carbocycles. The molecule has 7 nitrogen and oxygen atoms in total. The van der Waals surface area contributed by atoms with Crippen LogP contribution in [-0.4, -0.2) is 81.4 Å². The molecule has 2 fully saturated rings. The number of likely N-dealkylation sites (tertiary alicyclic amines) is 1. The summed E-state index contributed by atoms with van der Waals surface area (Å²) in [7, 11) is 0.907. The lowest BCUT2D eigenvalue weighted by Gasteiger charge is -2.40. The van der Waals surface area contributed by atoms with Gasteiger partial charge in [-0.2, -0.15) is 0 Å². The highest BCUT2D eigenvalue weighted by atomic mass is 127. The Morgan fingerprint density at radius 2 is 1.71 bits per heavy atom. The van der Waals surface area contributed by atoms with E-state index in [0.717, 1.165) is 38.4 Å². The Kier molecular flexibility index (Phi) is 11.1. The SMILES string of the molecule is CN=C(NCCS(=O)C(C)(C)C)N1CCC(N(CC2CC2)C(=O)OC(C)(C)C)CC1.I. The highest BCUT2D eigenvalue weighted by Crippen LogP contribution is 2.32. The van der Waals surface area contributed by atoms with Gasteiger partial charge in [0.25, 0.3) is 0 Å². The Hall–Kier alpha value is -0.580. The minimum absolute atomic E-state index is 0. The summed E-state index contributed by atoms with van der Waals surface area (Å²) in [5.74, 6) is 2.09. The Balaban J connectivity index is 0.00000480. The summed E-state index contributed by atoms with van der Waals surface area (Å²) in [5, 5.41) is 3.36. The zero-order valence-electron chi connectivity index (χ0n) is 20.4. The number of hydrogen-bond acceptors (Lipinski definition) is 4. The van der Waals surface area contributed by atoms with Crippen LogP contribution in [0.15, 0.2) is 4.99 Å². The molecule has 1 amide bonds. The predicted molar refractivity (Wildman–Crippen MR) is 140 cm³/mol. The number of nitrogens with one attached hydrogen (secondary N) is 1. The minimum Gasteiger partial charge on any atom is -0.444 e. The molecule has 1 aliphatic carbocycles. The third-order valence-corrected chi connectivity index (χ3v) is 7.39. The average Bonchev–Trinajstić information content (AvgIpc) is 3.45. The Labute approximate surface area is 208 Å². The van der Waals surface area contributed by atoms with Crippen molar-refractivity contribution in [2.24, 2.45) is 10.9 Å². The number of carbonyl (C=O) groups is 1. The van der Waals surface area contributed by atoms with Crippen LogP contribution in [0.25, 0.3) is 0 Å². The minimum atomic E-state index is -0.880. The van der Waals surface area contributed by atoms with E-state index in [1.54, 1.807) is 7.05 Å². The van der Waals surface area contributed by atoms with E-state index < -0.39 is 16.4 Å². The van der Waals surface area contributed by atoms with Crippen LogP contribution in [0, 0.1) is 5.92 Å². The molecule has 1 saturated heterocycles. The van der Waals surface area contributed by atoms with Crippen LogP contribution in [0.3, 0.4) is 0 Å². The summed E-state index contributed by atoms with van der Waals surface area (Å²) in [4.78, 5) is 21.4. The van der Waals surface area contributed by atoms with Crippen molar-refractivity contribution in [3.05, 3.63) is 0 Å². The third-order valence-electron chi connectivity index (χ3n) is 5.45. The van der Waals surface area contributed by atoms with Gasteiger partial charge in [0.15, 0.2) is 5.96 Å². The van der Waals surface area contributed by atoms with Crippen LogP contribution in [0.1, 0.15) is 67.2 Å². The van der Waals surface area contributed by atoms with Crippen molar-refractivity contribution in [3.8, 4) is 0 Å². The molecule has 1 heterocycles. The van der Waals surface area contributed by atoms with Gasteiger partial charge in [0.05, 0.1) is 0 Å². The average molecular weight is 571 g/mol. The Bertz CT molecular complexity index is 634. The Morgan fingerprint density at radius 1 is 1.13 bits per heavy atom. The molecule has 0 bridgehead atoms. The van der Waals surface area contributed by atoms with Gasteiger partial charge in [-0.3, -0.25) is 9.20 Å². The number of aliphatic imine (C=N–C) groups is 1. The summed E-state index contributed by atoms with van der Waals surface area (Å²) >= 11 is 0. The van der Waals surface area contributed by atoms with E-state index in [-0.39, 0.29) is 40.9 Å². The summed E-state index contributed by atoms with van der Waals surface area (Å²) < 4.78 is 17.7. The maximum Gasteiger partial charge on any atom is 0.410 e. The van der Waals surface area contributed by atoms with Crippen molar-refractivity contribution >= 4 is 46.8 Å². The Morgan fingerprint density at radius 3 is 2.16 bits per heavy atom. The first-order chi connectivity index (χ1) is 13.9. The normalized spacial score (nSPS) is 19.5. The van der Waals surface area contributed by atoms with Gasteiger partial charge in [-0.25, -0.2) is 4.79 Å². The monoisotopic (exact) mass is 570 g/mol. The number of piperidine rings is 1. The highest BCUT2D eigenvalue weighted by Gasteiger charge is 2.35. The number of hydrogen-bond donors (Lipinski definition) is 1. The van der Waals surface area contributed by atoms with Gasteiger partial charge >= 0.3 is 6.09 Å². The first-order valence-electron chi connectivity index (χ1n) is 11.2. The van der Waals surface area contributed by atoms with Gasteiger partial charge in [0.2, 0.25) is 0 Å². The summed E-state index contributed by atoms with van der Waals surface area (Å²) in [5.41, 5.74) is -0.474. The lowest BCUT2D eigenvalue weighted by Crippen LogP contribution is -2.53. The maximum absolute atomic E-state index is 12.8. The fourth-order valence-electron chi connectivity index (χ4n) is 3.56. The van der Waals surface area contributed by atoms with Gasteiger partial charge in [-0.1, -0.05) is 0 Å². The maximum atomic E-state index is 12.8. The lowest BCUT2D eigenvalue weighted by atomic mass is 10.0. The molecule has 1 atom stereocenters. The molecular weight excluding hydrogens is 527 g/mol. The number of carbonyl (C=O) groups excluding carboxylic acids is 1. The zero-order chi connectivity index (χ0) is 22.5. The summed E-state index contributed by atoms with van der Waals surface area (Å²) in [6, 6.07) is 0.211. The summed E-state index contributed by atoms with van der Waals surface area (Å²) in [6.07, 6.45) is 4.05. The number of amides is 1. The summed E-state index contributed by atoms with van der Waals surface area (Å²) in [6.45, 7) is 14.9. The number of ether oxygens (including phenoxy) is 1. The predicted octanol–water partition coefficient (Wildman–Crippen LogP) is 3.84. The van der Waals surface area contributed by atoms with Crippen LogP contribution >= 0.6 is 24.0 Å². The highest BCUT2D eigenvalue weighted by molar-refractivity contribution is 14.0. The fourth-order valence-corrected chi connectivity index (χ4v) is 4.45. The number of nitrogens with zero attached hydrogens (tertiary/aromatic N) is 3. The second-order valence-electron chi connectivity index (χ2n) is 10.4. The van der Waals surface area contributed by atoms with Gasteiger partial charge in [0.1, 0.15) is 5.60 Å². The van der Waals surface area contributed by atoms with E-state index >= 15 is 0 Å². The molecule has 0 aromatic rings. The smallest absolute Gasteiger partial charge is 0.410 e. The quantitative estimate of drug-likeness (QED) is 0.299. The molecule has 1 aliphatic heterocycles. The van der Waals surface area contributed by atoms with Crippen LogP contribution in [0.4, 0.5) is 4.79 Å². The molecule has 182 valence electrons. The van der Waals surface area contributed by atoms with E-state index in [1.807, 2.05) is 46.4 Å². The molecule has 0 aromatic heterocycles. The van der Waals surface area contributed by atoms with Gasteiger partial charge in [-0.05, 0) is 73.1 Å². The number of halogens is 1. The van der Waals surface area contributed by atoms with Crippen molar-refractivity contribution in [1.82, 2.24) is 15.1 Å². The largest absolute Gasteiger partial charge is 0.444 e. The molecule has 1 unspecified atom stereocenters. The molecule has 9 heteroatoms. The zero-order valence-corrected chi connectivity index (χ0v) is 23.5. The van der Waals surface area contributed by atoms with Crippen LogP contribution in [0.5, 0.6) is 0 Å². The fraction of sp³-hybridized carbons (Fsp3) is 0.909. The van der Waals surface area contributed by atoms with Crippen molar-refractivity contribution in [2.75, 3.05) is 39.0 Å². The number of rotatable bonds is 6. The molecule has 0 spiro atoms. The second-order valence-corrected chi connectivity index (χ2v) is 12.8. The van der Waals surface area contributed by atoms with Gasteiger partial charge in [0, 0.05) is 60.6 Å². The molecule has 1 saturated carbocycles. The molecule has 2 aliphatic rings. The van der Waals surface area contributed by atoms with Crippen molar-refractivity contribution in [3.63, 3.8) is 0 Å². The van der Waals surface area contributed by atoms with E-state index in [4.69, 9.17) is 4.74 Å². The standard InChI is InChI=1S/C22H42N4O3S.HI/c1-21(2,3)29-20(27)26(16-17-8-9-17)18-10-13-25(14-11-18)19(23-7)24-12-15-30(28)22(4,5)6;/h17-18H,8-16H2,1-7H3,(H,23,24);1H. The lowest BCUT2D eigenvalue weighted by molar-refractivity contribution is 0.00929. The second kappa shape index (κ2) is 12.0.